The van der Waals surface area contributed by atoms with Crippen molar-refractivity contribution in [3.05, 3.63) is 36.4 Å². The average molecular weight is 371 g/mol. The lowest BCUT2D eigenvalue weighted by atomic mass is 10.1. The van der Waals surface area contributed by atoms with Crippen LogP contribution in [-0.4, -0.2) is 46.0 Å². The molecule has 24 heavy (non-hydrogen) atoms. The van der Waals surface area contributed by atoms with E-state index in [0.29, 0.717) is 35.2 Å². The predicted molar refractivity (Wildman–Crippen MR) is 98.6 cm³/mol. The van der Waals surface area contributed by atoms with Crippen LogP contribution in [0, 0.1) is 0 Å². The van der Waals surface area contributed by atoms with Gasteiger partial charge in [0.05, 0.1) is 12.0 Å². The predicted octanol–water partition coefficient (Wildman–Crippen LogP) is 2.64. The number of nitrogens with zero attached hydrogens (tertiary/aromatic N) is 1. The largest absolute Gasteiger partial charge is 0.496 e. The third kappa shape index (κ3) is 3.37. The number of hydrogen-bond donors (Lipinski definition) is 1. The lowest BCUT2D eigenvalue weighted by Crippen LogP contribution is -2.43. The molecule has 0 amide bonds. The molecular weight excluding hydrogens is 348 g/mol. The monoisotopic (exact) mass is 370 g/mol. The van der Waals surface area contributed by atoms with Gasteiger partial charge in [-0.1, -0.05) is 24.3 Å². The molecule has 132 valence electrons. The van der Waals surface area contributed by atoms with Crippen molar-refractivity contribution in [2.75, 3.05) is 27.2 Å². The molecule has 5 nitrogen and oxygen atoms in total. The zero-order chi connectivity index (χ0) is 16.4. The number of piperidine rings is 1. The zero-order valence-electron chi connectivity index (χ0n) is 13.9. The molecule has 0 saturated carbocycles. The van der Waals surface area contributed by atoms with Gasteiger partial charge in [-0.3, -0.25) is 0 Å². The van der Waals surface area contributed by atoms with Gasteiger partial charge in [0.15, 0.2) is 0 Å². The molecule has 0 atom stereocenters. The summed E-state index contributed by atoms with van der Waals surface area (Å²) in [6.07, 6.45) is 1.67. The first-order valence-corrected chi connectivity index (χ1v) is 9.25. The summed E-state index contributed by atoms with van der Waals surface area (Å²) < 4.78 is 33.1. The molecule has 1 fully saturated rings. The Balaban J connectivity index is 0.00000208. The van der Waals surface area contributed by atoms with Gasteiger partial charge in [0.25, 0.3) is 0 Å². The van der Waals surface area contributed by atoms with Gasteiger partial charge >= 0.3 is 0 Å². The van der Waals surface area contributed by atoms with E-state index in [1.807, 2.05) is 31.3 Å². The minimum absolute atomic E-state index is 0. The van der Waals surface area contributed by atoms with Gasteiger partial charge in [-0.15, -0.1) is 12.4 Å². The van der Waals surface area contributed by atoms with E-state index in [0.717, 1.165) is 18.2 Å². The third-order valence-electron chi connectivity index (χ3n) is 4.54. The summed E-state index contributed by atoms with van der Waals surface area (Å²) in [6.45, 7) is 1.10. The first kappa shape index (κ1) is 19.0. The fraction of sp³-hybridized carbons (Fsp3) is 0.412. The van der Waals surface area contributed by atoms with E-state index in [4.69, 9.17) is 4.74 Å². The van der Waals surface area contributed by atoms with Gasteiger partial charge < -0.3 is 10.1 Å². The number of rotatable bonds is 4. The van der Waals surface area contributed by atoms with E-state index in [1.54, 1.807) is 23.5 Å². The van der Waals surface area contributed by atoms with Gasteiger partial charge in [0, 0.05) is 29.9 Å². The van der Waals surface area contributed by atoms with Crippen LogP contribution >= 0.6 is 12.4 Å². The lowest BCUT2D eigenvalue weighted by Gasteiger charge is -2.31. The Morgan fingerprint density at radius 3 is 2.29 bits per heavy atom. The number of fused-ring (bicyclic) bond motifs is 1. The van der Waals surface area contributed by atoms with Crippen LogP contribution < -0.4 is 10.1 Å². The van der Waals surface area contributed by atoms with Gasteiger partial charge in [-0.2, -0.15) is 4.31 Å². The van der Waals surface area contributed by atoms with Crippen molar-refractivity contribution in [1.29, 1.82) is 0 Å². The Labute approximate surface area is 149 Å². The van der Waals surface area contributed by atoms with Crippen molar-refractivity contribution in [2.24, 2.45) is 0 Å². The Morgan fingerprint density at radius 2 is 1.71 bits per heavy atom. The maximum atomic E-state index is 13.1. The third-order valence-corrected chi connectivity index (χ3v) is 6.50. The first-order chi connectivity index (χ1) is 11.1. The lowest BCUT2D eigenvalue weighted by molar-refractivity contribution is 0.298. The number of hydrogen-bond acceptors (Lipinski definition) is 4. The Kier molecular flexibility index (Phi) is 6.09. The number of benzene rings is 2. The van der Waals surface area contributed by atoms with E-state index >= 15 is 0 Å². The molecular formula is C17H23ClN2O3S. The molecule has 0 aliphatic carbocycles. The molecule has 3 rings (SSSR count). The van der Waals surface area contributed by atoms with Crippen molar-refractivity contribution < 1.29 is 13.2 Å². The molecule has 0 unspecified atom stereocenters. The van der Waals surface area contributed by atoms with Crippen molar-refractivity contribution in [3.63, 3.8) is 0 Å². The molecule has 1 N–H and O–H groups in total. The highest BCUT2D eigenvalue weighted by molar-refractivity contribution is 7.89. The molecule has 1 saturated heterocycles. The van der Waals surface area contributed by atoms with Crippen molar-refractivity contribution in [3.8, 4) is 5.75 Å². The Morgan fingerprint density at radius 1 is 1.08 bits per heavy atom. The van der Waals surface area contributed by atoms with Crippen LogP contribution in [0.5, 0.6) is 5.75 Å². The maximum Gasteiger partial charge on any atom is 0.243 e. The van der Waals surface area contributed by atoms with Crippen LogP contribution in [0.4, 0.5) is 0 Å². The van der Waals surface area contributed by atoms with Crippen molar-refractivity contribution in [2.45, 2.75) is 23.8 Å². The zero-order valence-corrected chi connectivity index (χ0v) is 15.5. The van der Waals surface area contributed by atoms with E-state index in [1.165, 1.54) is 0 Å². The second-order valence-corrected chi connectivity index (χ2v) is 7.68. The summed E-state index contributed by atoms with van der Waals surface area (Å²) in [4.78, 5) is 0.358. The minimum atomic E-state index is -3.50. The number of sulfonamides is 1. The number of methoxy groups -OCH3 is 1. The van der Waals surface area contributed by atoms with Crippen LogP contribution in [0.3, 0.4) is 0 Å². The first-order valence-electron chi connectivity index (χ1n) is 7.81. The van der Waals surface area contributed by atoms with Crippen LogP contribution in [0.1, 0.15) is 12.8 Å². The molecule has 1 heterocycles. The van der Waals surface area contributed by atoms with E-state index in [-0.39, 0.29) is 12.4 Å². The van der Waals surface area contributed by atoms with Gasteiger partial charge in [-0.05, 0) is 32.0 Å². The molecule has 0 radical (unpaired) electrons. The molecule has 2 aromatic carbocycles. The Hall–Kier alpha value is -1.34. The second-order valence-electron chi connectivity index (χ2n) is 5.78. The Bertz CT molecular complexity index is 803. The van der Waals surface area contributed by atoms with Crippen LogP contribution in [0.25, 0.3) is 10.8 Å². The number of ether oxygens (including phenoxy) is 1. The maximum absolute atomic E-state index is 13.1. The van der Waals surface area contributed by atoms with Crippen LogP contribution in [0.2, 0.25) is 0 Å². The molecule has 2 aromatic rings. The van der Waals surface area contributed by atoms with E-state index in [2.05, 4.69) is 5.32 Å². The topological polar surface area (TPSA) is 58.6 Å². The highest BCUT2D eigenvalue weighted by Gasteiger charge is 2.30. The fourth-order valence-corrected chi connectivity index (χ4v) is 4.84. The molecule has 1 aliphatic heterocycles. The average Bonchev–Trinajstić information content (AvgIpc) is 2.60. The quantitative estimate of drug-likeness (QED) is 0.898. The summed E-state index contributed by atoms with van der Waals surface area (Å²) in [5.41, 5.74) is 0. The normalized spacial score (nSPS) is 16.8. The van der Waals surface area contributed by atoms with Gasteiger partial charge in [0.2, 0.25) is 10.0 Å². The summed E-state index contributed by atoms with van der Waals surface area (Å²) >= 11 is 0. The second kappa shape index (κ2) is 7.70. The van der Waals surface area contributed by atoms with Gasteiger partial charge in [-0.25, -0.2) is 8.42 Å². The molecule has 7 heteroatoms. The summed E-state index contributed by atoms with van der Waals surface area (Å²) in [5.74, 6) is 0.688. The highest BCUT2D eigenvalue weighted by atomic mass is 35.5. The summed E-state index contributed by atoms with van der Waals surface area (Å²) in [5, 5.41) is 4.75. The standard InChI is InChI=1S/C17H22N2O3S.ClH/c1-18-13-9-11-19(12-10-13)23(20,21)17-8-7-16(22-2)14-5-3-4-6-15(14)17;/h3-8,13,18H,9-12H2,1-2H3;1H. The number of halogens is 1. The number of nitrogens with one attached hydrogen (secondary N) is 1. The molecule has 0 aromatic heterocycles. The molecule has 0 bridgehead atoms. The van der Waals surface area contributed by atoms with Crippen molar-refractivity contribution >= 4 is 33.2 Å². The fourth-order valence-electron chi connectivity index (χ4n) is 3.17. The van der Waals surface area contributed by atoms with E-state index < -0.39 is 10.0 Å². The van der Waals surface area contributed by atoms with Gasteiger partial charge in [0.1, 0.15) is 5.75 Å². The molecule has 1 aliphatic rings. The summed E-state index contributed by atoms with van der Waals surface area (Å²) in [6, 6.07) is 11.3. The van der Waals surface area contributed by atoms with E-state index in [9.17, 15) is 8.42 Å². The SMILES string of the molecule is CNC1CCN(S(=O)(=O)c2ccc(OC)c3ccccc23)CC1.Cl. The summed E-state index contributed by atoms with van der Waals surface area (Å²) in [7, 11) is 0.0229. The molecule has 0 spiro atoms. The smallest absolute Gasteiger partial charge is 0.243 e. The minimum Gasteiger partial charge on any atom is -0.496 e. The highest BCUT2D eigenvalue weighted by Crippen LogP contribution is 2.33. The van der Waals surface area contributed by atoms with Crippen LogP contribution in [0.15, 0.2) is 41.3 Å². The van der Waals surface area contributed by atoms with Crippen molar-refractivity contribution in [1.82, 2.24) is 9.62 Å². The van der Waals surface area contributed by atoms with Crippen LogP contribution in [-0.2, 0) is 10.0 Å².